The fourth-order valence-electron chi connectivity index (χ4n) is 2.69. The molecule has 0 bridgehead atoms. The molecule has 3 rings (SSSR count). The number of aryl methyl sites for hydroxylation is 2. The number of carbonyl (C=O) groups excluding carboxylic acids is 1. The van der Waals surface area contributed by atoms with E-state index in [4.69, 9.17) is 0 Å². The Hall–Kier alpha value is -2.53. The number of hydrogen-bond acceptors (Lipinski definition) is 4. The minimum Gasteiger partial charge on any atom is -0.283 e. The fourth-order valence-corrected chi connectivity index (χ4v) is 3.65. The van der Waals surface area contributed by atoms with Crippen molar-refractivity contribution in [1.82, 2.24) is 10.2 Å². The molecule has 0 unspecified atom stereocenters. The van der Waals surface area contributed by atoms with Gasteiger partial charge in [0.05, 0.1) is 0 Å². The maximum atomic E-state index is 13.0. The molecule has 25 heavy (non-hydrogen) atoms. The second kappa shape index (κ2) is 7.57. The van der Waals surface area contributed by atoms with Crippen molar-refractivity contribution in [3.63, 3.8) is 0 Å². The summed E-state index contributed by atoms with van der Waals surface area (Å²) in [6.45, 7) is 6.72. The molecule has 0 spiro atoms. The van der Waals surface area contributed by atoms with Crippen LogP contribution in [0.1, 0.15) is 34.8 Å². The molecule has 0 aliphatic carbocycles. The van der Waals surface area contributed by atoms with Gasteiger partial charge in [-0.1, -0.05) is 60.2 Å². The molecule has 1 aromatic heterocycles. The van der Waals surface area contributed by atoms with E-state index in [1.807, 2.05) is 49.4 Å². The number of hydrogen-bond donors (Lipinski definition) is 0. The number of rotatable bonds is 5. The molecule has 0 radical (unpaired) electrons. The summed E-state index contributed by atoms with van der Waals surface area (Å²) >= 11 is 1.46. The van der Waals surface area contributed by atoms with Crippen molar-refractivity contribution in [1.29, 1.82) is 0 Å². The summed E-state index contributed by atoms with van der Waals surface area (Å²) in [7, 11) is 0. The van der Waals surface area contributed by atoms with Crippen LogP contribution in [-0.4, -0.2) is 22.6 Å². The largest absolute Gasteiger partial charge is 0.283 e. The highest BCUT2D eigenvalue weighted by atomic mass is 32.1. The van der Waals surface area contributed by atoms with Gasteiger partial charge in [-0.15, -0.1) is 10.2 Å². The van der Waals surface area contributed by atoms with Gasteiger partial charge in [0.1, 0.15) is 5.01 Å². The first kappa shape index (κ1) is 17.3. The summed E-state index contributed by atoms with van der Waals surface area (Å²) in [5.41, 5.74) is 3.96. The second-order valence-corrected chi connectivity index (χ2v) is 6.99. The van der Waals surface area contributed by atoms with E-state index in [0.29, 0.717) is 17.2 Å². The quantitative estimate of drug-likeness (QED) is 0.658. The number of benzene rings is 2. The third-order valence-corrected chi connectivity index (χ3v) is 4.96. The van der Waals surface area contributed by atoms with E-state index in [1.54, 1.807) is 4.90 Å². The molecule has 0 aliphatic rings. The lowest BCUT2D eigenvalue weighted by molar-refractivity contribution is 0.0986. The Balaban J connectivity index is 1.94. The third-order valence-electron chi connectivity index (χ3n) is 3.98. The minimum absolute atomic E-state index is 0.0296. The van der Waals surface area contributed by atoms with Crippen molar-refractivity contribution in [3.8, 4) is 10.6 Å². The van der Waals surface area contributed by atoms with E-state index in [9.17, 15) is 4.79 Å². The summed E-state index contributed by atoms with van der Waals surface area (Å²) in [5, 5.41) is 10.1. The first-order valence-corrected chi connectivity index (χ1v) is 9.20. The Morgan fingerprint density at radius 3 is 2.60 bits per heavy atom. The number of aromatic nitrogens is 2. The fraction of sp³-hybridized carbons (Fsp3) is 0.250. The summed E-state index contributed by atoms with van der Waals surface area (Å²) < 4.78 is 0. The van der Waals surface area contributed by atoms with Gasteiger partial charge in [0.15, 0.2) is 0 Å². The van der Waals surface area contributed by atoms with E-state index < -0.39 is 0 Å². The Bertz CT molecular complexity index is 888. The topological polar surface area (TPSA) is 46.1 Å². The second-order valence-electron chi connectivity index (χ2n) is 6.03. The Labute approximate surface area is 152 Å². The minimum atomic E-state index is -0.0296. The summed E-state index contributed by atoms with van der Waals surface area (Å²) in [6.07, 6.45) is 0.858. The third kappa shape index (κ3) is 3.77. The van der Waals surface area contributed by atoms with Crippen LogP contribution < -0.4 is 4.90 Å². The van der Waals surface area contributed by atoms with Crippen LogP contribution in [0.25, 0.3) is 10.6 Å². The van der Waals surface area contributed by atoms with Crippen LogP contribution in [0.5, 0.6) is 0 Å². The summed E-state index contributed by atoms with van der Waals surface area (Å²) in [6, 6.07) is 15.7. The number of anilines is 1. The monoisotopic (exact) mass is 351 g/mol. The van der Waals surface area contributed by atoms with Crippen molar-refractivity contribution in [2.45, 2.75) is 27.2 Å². The molecule has 0 atom stereocenters. The predicted molar refractivity (Wildman–Crippen MR) is 103 cm³/mol. The number of carbonyl (C=O) groups is 1. The maximum Gasteiger partial charge on any atom is 0.260 e. The molecule has 1 heterocycles. The first-order chi connectivity index (χ1) is 12.1. The van der Waals surface area contributed by atoms with E-state index in [2.05, 4.69) is 30.1 Å². The van der Waals surface area contributed by atoms with E-state index in [-0.39, 0.29) is 5.91 Å². The lowest BCUT2D eigenvalue weighted by Crippen LogP contribution is -2.31. The molecule has 3 aromatic rings. The molecule has 1 amide bonds. The van der Waals surface area contributed by atoms with Crippen LogP contribution >= 0.6 is 11.3 Å². The standard InChI is InChI=1S/C20H21N3OS/c1-4-12-23(19(24)16-10-7-8-14(2)13-16)20-22-21-18(25-20)17-11-6-5-9-15(17)3/h5-11,13H,4,12H2,1-3H3. The van der Waals surface area contributed by atoms with Crippen LogP contribution in [0.15, 0.2) is 48.5 Å². The maximum absolute atomic E-state index is 13.0. The summed E-state index contributed by atoms with van der Waals surface area (Å²) in [5.74, 6) is -0.0296. The number of amides is 1. The average molecular weight is 351 g/mol. The van der Waals surface area contributed by atoms with Gasteiger partial charge in [-0.2, -0.15) is 0 Å². The predicted octanol–water partition coefficient (Wildman–Crippen LogP) is 4.88. The highest BCUT2D eigenvalue weighted by Gasteiger charge is 2.21. The molecule has 0 fully saturated rings. The normalized spacial score (nSPS) is 10.7. The number of nitrogens with zero attached hydrogens (tertiary/aromatic N) is 3. The Kier molecular flexibility index (Phi) is 5.24. The van der Waals surface area contributed by atoms with Gasteiger partial charge in [-0.3, -0.25) is 9.69 Å². The molecule has 5 heteroatoms. The molecule has 2 aromatic carbocycles. The molecule has 4 nitrogen and oxygen atoms in total. The van der Waals surface area contributed by atoms with Crippen LogP contribution in [0.4, 0.5) is 5.13 Å². The van der Waals surface area contributed by atoms with Crippen molar-refractivity contribution >= 4 is 22.4 Å². The molecule has 0 N–H and O–H groups in total. The zero-order chi connectivity index (χ0) is 17.8. The Morgan fingerprint density at radius 1 is 1.08 bits per heavy atom. The highest BCUT2D eigenvalue weighted by molar-refractivity contribution is 7.18. The first-order valence-electron chi connectivity index (χ1n) is 8.38. The van der Waals surface area contributed by atoms with Crippen LogP contribution in [0, 0.1) is 13.8 Å². The SMILES string of the molecule is CCCN(C(=O)c1cccc(C)c1)c1nnc(-c2ccccc2C)s1. The van der Waals surface area contributed by atoms with Gasteiger partial charge < -0.3 is 0 Å². The molecule has 0 saturated heterocycles. The molecule has 128 valence electrons. The van der Waals surface area contributed by atoms with E-state index >= 15 is 0 Å². The molecular weight excluding hydrogens is 330 g/mol. The van der Waals surface area contributed by atoms with Gasteiger partial charge in [0.2, 0.25) is 5.13 Å². The average Bonchev–Trinajstić information content (AvgIpc) is 3.09. The lowest BCUT2D eigenvalue weighted by Gasteiger charge is -2.18. The van der Waals surface area contributed by atoms with E-state index in [0.717, 1.165) is 28.1 Å². The molecule has 0 saturated carbocycles. The smallest absolute Gasteiger partial charge is 0.260 e. The van der Waals surface area contributed by atoms with Gasteiger partial charge in [-0.05, 0) is 38.0 Å². The van der Waals surface area contributed by atoms with Gasteiger partial charge >= 0.3 is 0 Å². The van der Waals surface area contributed by atoms with Gasteiger partial charge in [0, 0.05) is 17.7 Å². The lowest BCUT2D eigenvalue weighted by atomic mass is 10.1. The van der Waals surface area contributed by atoms with Crippen molar-refractivity contribution < 1.29 is 4.79 Å². The van der Waals surface area contributed by atoms with Crippen molar-refractivity contribution in [3.05, 3.63) is 65.2 Å². The molecule has 0 aliphatic heterocycles. The van der Waals surface area contributed by atoms with Crippen molar-refractivity contribution in [2.75, 3.05) is 11.4 Å². The van der Waals surface area contributed by atoms with E-state index in [1.165, 1.54) is 11.3 Å². The van der Waals surface area contributed by atoms with Gasteiger partial charge in [-0.25, -0.2) is 0 Å². The van der Waals surface area contributed by atoms with Crippen LogP contribution in [0.3, 0.4) is 0 Å². The highest BCUT2D eigenvalue weighted by Crippen LogP contribution is 2.31. The summed E-state index contributed by atoms with van der Waals surface area (Å²) in [4.78, 5) is 14.7. The van der Waals surface area contributed by atoms with Gasteiger partial charge in [0.25, 0.3) is 5.91 Å². The molecular formula is C20H21N3OS. The Morgan fingerprint density at radius 2 is 1.88 bits per heavy atom. The van der Waals surface area contributed by atoms with Crippen molar-refractivity contribution in [2.24, 2.45) is 0 Å². The van der Waals surface area contributed by atoms with Crippen LogP contribution in [-0.2, 0) is 0 Å². The zero-order valence-electron chi connectivity index (χ0n) is 14.7. The zero-order valence-corrected chi connectivity index (χ0v) is 15.5. The van der Waals surface area contributed by atoms with Crippen LogP contribution in [0.2, 0.25) is 0 Å².